The molecule has 1 saturated heterocycles. The minimum absolute atomic E-state index is 0.798. The molecule has 0 unspecified atom stereocenters. The first-order valence-corrected chi connectivity index (χ1v) is 3.66. The largest absolute Gasteiger partial charge is 0.393 e. The van der Waals surface area contributed by atoms with Crippen molar-refractivity contribution in [2.45, 2.75) is 30.4 Å². The van der Waals surface area contributed by atoms with Crippen LogP contribution in [0.3, 0.4) is 0 Å². The van der Waals surface area contributed by atoms with Crippen LogP contribution >= 0.6 is 0 Å². The summed E-state index contributed by atoms with van der Waals surface area (Å²) in [6, 6.07) is 0. The molecular formula is C6H12O7. The molecule has 7 nitrogen and oxygen atoms in total. The minimum atomic E-state index is -2.77. The van der Waals surface area contributed by atoms with Gasteiger partial charge in [0.05, 0.1) is 6.61 Å². The molecule has 7 heteroatoms. The molecule has 0 aromatic rings. The lowest BCUT2D eigenvalue weighted by Gasteiger charge is -2.42. The Morgan fingerprint density at radius 1 is 1.15 bits per heavy atom. The van der Waals surface area contributed by atoms with Crippen LogP contribution in [0.25, 0.3) is 0 Å². The van der Waals surface area contributed by atoms with E-state index in [4.69, 9.17) is 30.6 Å². The van der Waals surface area contributed by atoms with Crippen LogP contribution < -0.4 is 0 Å². The van der Waals surface area contributed by atoms with E-state index in [1.54, 1.807) is 0 Å². The van der Waals surface area contributed by atoms with Gasteiger partial charge < -0.3 is 35.4 Å². The first-order valence-electron chi connectivity index (χ1n) is 3.66. The fraction of sp³-hybridized carbons (Fsp3) is 1.00. The van der Waals surface area contributed by atoms with Crippen LogP contribution in [-0.4, -0.2) is 67.6 Å². The molecule has 13 heavy (non-hydrogen) atoms. The quantitative estimate of drug-likeness (QED) is 0.236. The highest BCUT2D eigenvalue weighted by Crippen LogP contribution is 2.26. The van der Waals surface area contributed by atoms with Gasteiger partial charge in [-0.25, -0.2) is 0 Å². The van der Waals surface area contributed by atoms with Gasteiger partial charge in [0.25, 0.3) is 0 Å². The molecule has 0 aromatic carbocycles. The maximum absolute atomic E-state index is 9.14. The van der Waals surface area contributed by atoms with Crippen LogP contribution in [0.4, 0.5) is 0 Å². The van der Waals surface area contributed by atoms with Gasteiger partial charge >= 0.3 is 0 Å². The Morgan fingerprint density at radius 2 is 1.69 bits per heavy atom. The SMILES string of the molecule is OC[C@H]1O[C@H](O)[C@H](O)[C@H](O)C1(O)O. The Balaban J connectivity index is 2.82. The average Bonchev–Trinajstić information content (AvgIpc) is 2.08. The van der Waals surface area contributed by atoms with Gasteiger partial charge in [-0.3, -0.25) is 0 Å². The predicted octanol–water partition coefficient (Wildman–Crippen LogP) is -3.90. The number of hydrogen-bond acceptors (Lipinski definition) is 7. The van der Waals surface area contributed by atoms with E-state index >= 15 is 0 Å². The highest BCUT2D eigenvalue weighted by Gasteiger charge is 2.53. The summed E-state index contributed by atoms with van der Waals surface area (Å²) in [7, 11) is 0. The smallest absolute Gasteiger partial charge is 0.221 e. The summed E-state index contributed by atoms with van der Waals surface area (Å²) in [5.41, 5.74) is 0. The fourth-order valence-corrected chi connectivity index (χ4v) is 1.12. The summed E-state index contributed by atoms with van der Waals surface area (Å²) < 4.78 is 4.43. The molecule has 1 aliphatic rings. The van der Waals surface area contributed by atoms with E-state index in [-0.39, 0.29) is 0 Å². The zero-order valence-electron chi connectivity index (χ0n) is 6.61. The number of ether oxygens (including phenoxy) is 1. The van der Waals surface area contributed by atoms with Crippen molar-refractivity contribution >= 4 is 0 Å². The number of rotatable bonds is 1. The maximum atomic E-state index is 9.14. The van der Waals surface area contributed by atoms with E-state index in [0.29, 0.717) is 0 Å². The van der Waals surface area contributed by atoms with Crippen molar-refractivity contribution in [1.82, 2.24) is 0 Å². The molecule has 0 bridgehead atoms. The first-order chi connectivity index (χ1) is 5.91. The average molecular weight is 196 g/mol. The summed E-state index contributed by atoms with van der Waals surface area (Å²) >= 11 is 0. The summed E-state index contributed by atoms with van der Waals surface area (Å²) in [5.74, 6) is -2.77. The fourth-order valence-electron chi connectivity index (χ4n) is 1.12. The second-order valence-corrected chi connectivity index (χ2v) is 2.92. The van der Waals surface area contributed by atoms with Crippen LogP contribution in [-0.2, 0) is 4.74 Å². The Morgan fingerprint density at radius 3 is 2.15 bits per heavy atom. The van der Waals surface area contributed by atoms with Crippen LogP contribution in [0.1, 0.15) is 0 Å². The summed E-state index contributed by atoms with van der Waals surface area (Å²) in [4.78, 5) is 0. The third-order valence-corrected chi connectivity index (χ3v) is 1.99. The molecule has 0 aliphatic carbocycles. The molecule has 1 rings (SSSR count). The van der Waals surface area contributed by atoms with Gasteiger partial charge in [-0.05, 0) is 0 Å². The van der Waals surface area contributed by atoms with Crippen molar-refractivity contribution in [3.63, 3.8) is 0 Å². The standard InChI is InChI=1S/C6H12O7/c7-1-2-6(11,12)4(9)3(8)5(10)13-2/h2-5,7-12H,1H2/t2-,3-,4+,5+/m1/s1. The lowest BCUT2D eigenvalue weighted by molar-refractivity contribution is -0.380. The van der Waals surface area contributed by atoms with E-state index in [0.717, 1.165) is 0 Å². The third kappa shape index (κ3) is 1.67. The molecule has 4 atom stereocenters. The number of aliphatic hydroxyl groups is 6. The van der Waals surface area contributed by atoms with Gasteiger partial charge in [0, 0.05) is 0 Å². The minimum Gasteiger partial charge on any atom is -0.393 e. The third-order valence-electron chi connectivity index (χ3n) is 1.99. The van der Waals surface area contributed by atoms with Crippen LogP contribution in [0, 0.1) is 0 Å². The Kier molecular flexibility index (Phi) is 2.88. The monoisotopic (exact) mass is 196 g/mol. The van der Waals surface area contributed by atoms with Gasteiger partial charge in [0.1, 0.15) is 18.3 Å². The van der Waals surface area contributed by atoms with Crippen molar-refractivity contribution in [2.75, 3.05) is 6.61 Å². The molecule has 0 spiro atoms. The normalized spacial score (nSPS) is 44.8. The van der Waals surface area contributed by atoms with Crippen LogP contribution in [0.5, 0.6) is 0 Å². The van der Waals surface area contributed by atoms with Gasteiger partial charge in [0.2, 0.25) is 5.79 Å². The van der Waals surface area contributed by atoms with E-state index < -0.39 is 37.0 Å². The first kappa shape index (κ1) is 10.8. The van der Waals surface area contributed by atoms with Gasteiger partial charge in [-0.15, -0.1) is 0 Å². The molecule has 0 radical (unpaired) electrons. The van der Waals surface area contributed by atoms with E-state index in [9.17, 15) is 0 Å². The topological polar surface area (TPSA) is 131 Å². The van der Waals surface area contributed by atoms with Crippen molar-refractivity contribution in [2.24, 2.45) is 0 Å². The molecular weight excluding hydrogens is 184 g/mol. The Labute approximate surface area is 73.4 Å². The van der Waals surface area contributed by atoms with E-state index in [1.165, 1.54) is 0 Å². The molecule has 1 aliphatic heterocycles. The van der Waals surface area contributed by atoms with E-state index in [2.05, 4.69) is 4.74 Å². The van der Waals surface area contributed by atoms with Crippen LogP contribution in [0.15, 0.2) is 0 Å². The van der Waals surface area contributed by atoms with Crippen LogP contribution in [0.2, 0.25) is 0 Å². The Hall–Kier alpha value is -0.280. The molecule has 78 valence electrons. The second kappa shape index (κ2) is 3.46. The van der Waals surface area contributed by atoms with Crippen molar-refractivity contribution in [3.05, 3.63) is 0 Å². The molecule has 1 heterocycles. The van der Waals surface area contributed by atoms with Crippen molar-refractivity contribution in [3.8, 4) is 0 Å². The molecule has 0 saturated carbocycles. The highest BCUT2D eigenvalue weighted by molar-refractivity contribution is 4.93. The predicted molar refractivity (Wildman–Crippen MR) is 37.1 cm³/mol. The maximum Gasteiger partial charge on any atom is 0.221 e. The second-order valence-electron chi connectivity index (χ2n) is 2.92. The zero-order chi connectivity index (χ0) is 10.2. The summed E-state index contributed by atoms with van der Waals surface area (Å²) in [5, 5.41) is 53.8. The number of hydrogen-bond donors (Lipinski definition) is 6. The summed E-state index contributed by atoms with van der Waals surface area (Å²) in [6.07, 6.45) is -7.12. The molecule has 0 aromatic heterocycles. The lowest BCUT2D eigenvalue weighted by atomic mass is 9.95. The van der Waals surface area contributed by atoms with Gasteiger partial charge in [0.15, 0.2) is 6.29 Å². The zero-order valence-corrected chi connectivity index (χ0v) is 6.61. The van der Waals surface area contributed by atoms with Gasteiger partial charge in [-0.1, -0.05) is 0 Å². The molecule has 1 fully saturated rings. The Bertz CT molecular complexity index is 178. The summed E-state index contributed by atoms with van der Waals surface area (Å²) in [6.45, 7) is -0.798. The lowest BCUT2D eigenvalue weighted by Crippen LogP contribution is -2.66. The molecule has 6 N–H and O–H groups in total. The number of aliphatic hydroxyl groups excluding tert-OH is 4. The highest BCUT2D eigenvalue weighted by atomic mass is 16.7. The van der Waals surface area contributed by atoms with E-state index in [1.807, 2.05) is 0 Å². The van der Waals surface area contributed by atoms with Crippen molar-refractivity contribution in [1.29, 1.82) is 0 Å². The molecule has 0 amide bonds. The van der Waals surface area contributed by atoms with Gasteiger partial charge in [-0.2, -0.15) is 0 Å². The van der Waals surface area contributed by atoms with Crippen molar-refractivity contribution < 1.29 is 35.4 Å².